The van der Waals surface area contributed by atoms with Crippen LogP contribution in [0.2, 0.25) is 0 Å². The number of fused-ring (bicyclic) bond motifs is 1. The lowest BCUT2D eigenvalue weighted by molar-refractivity contribution is -0.186. The van der Waals surface area contributed by atoms with Crippen LogP contribution in [0.5, 0.6) is 0 Å². The number of hydrogen-bond acceptors (Lipinski definition) is 9. The van der Waals surface area contributed by atoms with Gasteiger partial charge in [0.2, 0.25) is 17.6 Å². The average Bonchev–Trinajstić information content (AvgIpc) is 3.82. The zero-order chi connectivity index (χ0) is 36.5. The van der Waals surface area contributed by atoms with Gasteiger partial charge in [-0.25, -0.2) is 4.68 Å². The second-order valence-corrected chi connectivity index (χ2v) is 15.2. The third-order valence-corrected chi connectivity index (χ3v) is 11.5. The third kappa shape index (κ3) is 7.18. The van der Waals surface area contributed by atoms with Crippen molar-refractivity contribution < 1.29 is 33.8 Å². The van der Waals surface area contributed by atoms with E-state index in [9.17, 15) is 29.1 Å². The van der Waals surface area contributed by atoms with E-state index in [-0.39, 0.29) is 50.8 Å². The third-order valence-electron chi connectivity index (χ3n) is 11.5. The van der Waals surface area contributed by atoms with Crippen LogP contribution >= 0.6 is 0 Å². The number of rotatable bonds is 11. The van der Waals surface area contributed by atoms with E-state index in [0.29, 0.717) is 30.5 Å². The molecule has 2 saturated heterocycles. The molecule has 2 aromatic carbocycles. The summed E-state index contributed by atoms with van der Waals surface area (Å²) in [6.07, 6.45) is 9.90. The fourth-order valence-corrected chi connectivity index (χ4v) is 8.48. The second kappa shape index (κ2) is 14.7. The summed E-state index contributed by atoms with van der Waals surface area (Å²) in [5.74, 6) is -3.11. The van der Waals surface area contributed by atoms with Gasteiger partial charge in [0, 0.05) is 18.5 Å². The van der Waals surface area contributed by atoms with E-state index < -0.39 is 52.8 Å². The lowest BCUT2D eigenvalue weighted by Crippen LogP contribution is -2.62. The fraction of sp³-hybridized carbons (Fsp3) is 0.553. The molecule has 14 nitrogen and oxygen atoms in total. The number of nitrogens with two attached hydrogens (primary N) is 1. The molecule has 276 valence electrons. The number of carbonyl (C=O) groups excluding carboxylic acids is 5. The molecule has 4 fully saturated rings. The first-order valence-electron chi connectivity index (χ1n) is 18.5. The minimum atomic E-state index is -1.45. The summed E-state index contributed by atoms with van der Waals surface area (Å²) in [4.78, 5) is 69.8. The molecule has 3 heterocycles. The van der Waals surface area contributed by atoms with E-state index in [0.717, 1.165) is 49.3 Å². The van der Waals surface area contributed by atoms with Gasteiger partial charge < -0.3 is 31.1 Å². The number of aliphatic hydroxyl groups is 1. The highest BCUT2D eigenvalue weighted by molar-refractivity contribution is 6.39. The molecule has 2 aliphatic heterocycles. The highest BCUT2D eigenvalue weighted by Gasteiger charge is 2.49. The lowest BCUT2D eigenvalue weighted by Gasteiger charge is -2.38. The van der Waals surface area contributed by atoms with Crippen LogP contribution in [0.1, 0.15) is 99.1 Å². The van der Waals surface area contributed by atoms with E-state index in [4.69, 9.17) is 10.5 Å². The van der Waals surface area contributed by atoms with Gasteiger partial charge >= 0.3 is 0 Å². The lowest BCUT2D eigenvalue weighted by atomic mass is 9.78. The molecule has 3 atom stereocenters. The van der Waals surface area contributed by atoms with Crippen LogP contribution in [0.4, 0.5) is 0 Å². The number of primary amides is 1. The van der Waals surface area contributed by atoms with E-state index >= 15 is 0 Å². The maximum absolute atomic E-state index is 14.8. The van der Waals surface area contributed by atoms with Crippen molar-refractivity contribution in [2.45, 2.75) is 106 Å². The van der Waals surface area contributed by atoms with Crippen molar-refractivity contribution >= 4 is 40.2 Å². The van der Waals surface area contributed by atoms with Crippen molar-refractivity contribution in [3.63, 3.8) is 0 Å². The minimum absolute atomic E-state index is 0.0679. The largest absolute Gasteiger partial charge is 0.379 e. The van der Waals surface area contributed by atoms with Crippen molar-refractivity contribution in [1.82, 2.24) is 30.5 Å². The molecule has 1 unspecified atom stereocenters. The van der Waals surface area contributed by atoms with Crippen molar-refractivity contribution in [2.24, 2.45) is 11.7 Å². The predicted octanol–water partition coefficient (Wildman–Crippen LogP) is 2.43. The van der Waals surface area contributed by atoms with Crippen molar-refractivity contribution in [1.29, 1.82) is 0 Å². The summed E-state index contributed by atoms with van der Waals surface area (Å²) in [5.41, 5.74) is 3.51. The number of Topliss-reactive ketones (excluding diaryl/α,β-unsaturated/α-hetero) is 1. The second-order valence-electron chi connectivity index (χ2n) is 15.2. The van der Waals surface area contributed by atoms with E-state index in [1.165, 1.54) is 4.90 Å². The molecule has 0 spiro atoms. The molecule has 1 aromatic heterocycles. The molecule has 4 amide bonds. The Labute approximate surface area is 301 Å². The topological polar surface area (TPSA) is 199 Å². The number of nitrogens with one attached hydrogen (secondary N) is 2. The number of benzene rings is 2. The maximum Gasteiger partial charge on any atom is 0.287 e. The van der Waals surface area contributed by atoms with Crippen molar-refractivity contribution in [3.05, 3.63) is 59.9 Å². The van der Waals surface area contributed by atoms with E-state index in [1.54, 1.807) is 23.0 Å². The minimum Gasteiger partial charge on any atom is -0.379 e. The molecule has 3 aromatic rings. The number of ether oxygens (including phenoxy) is 1. The van der Waals surface area contributed by atoms with Gasteiger partial charge in [0.1, 0.15) is 23.3 Å². The van der Waals surface area contributed by atoms with E-state index in [1.807, 2.05) is 30.3 Å². The van der Waals surface area contributed by atoms with Gasteiger partial charge in [0.15, 0.2) is 5.60 Å². The molecule has 0 bridgehead atoms. The van der Waals surface area contributed by atoms with E-state index in [2.05, 4.69) is 20.9 Å². The summed E-state index contributed by atoms with van der Waals surface area (Å²) >= 11 is 0. The van der Waals surface area contributed by atoms with Gasteiger partial charge in [-0.2, -0.15) is 0 Å². The smallest absolute Gasteiger partial charge is 0.287 e. The summed E-state index contributed by atoms with van der Waals surface area (Å²) in [6, 6.07) is 10.7. The van der Waals surface area contributed by atoms with Crippen LogP contribution in [0.25, 0.3) is 10.8 Å². The number of nitrogens with zero attached hydrogens (tertiary/aromatic N) is 4. The Bertz CT molecular complexity index is 1840. The first kappa shape index (κ1) is 35.7. The Morgan fingerprint density at radius 1 is 0.962 bits per heavy atom. The van der Waals surface area contributed by atoms with Gasteiger partial charge in [-0.3, -0.25) is 24.0 Å². The van der Waals surface area contributed by atoms with Gasteiger partial charge in [-0.15, -0.1) is 5.10 Å². The molecule has 4 aliphatic rings. The maximum atomic E-state index is 14.8. The monoisotopic (exact) mass is 713 g/mol. The number of amides is 4. The standard InChI is InChI=1S/C38H47N7O7/c39-33(47)32(46)37(15-7-2-8-16-37)41-35(49)30-19-28(45-21-31(42-43-45)38(51)22-52-23-38)20-44(30)36(50)29(17-24-9-3-1-4-10-24)40-34(48)27-14-13-25-11-5-6-12-26(25)18-27/h5-6,11-14,18,21,24,28-30,51H,1-4,7-10,15-17,19-20,22-23H2,(H2,39,47)(H,40,48)(H,41,49)/t28-,29?,30-/m0/s1. The van der Waals surface area contributed by atoms with Crippen LogP contribution in [0.15, 0.2) is 48.7 Å². The average molecular weight is 714 g/mol. The Balaban J connectivity index is 1.19. The van der Waals surface area contributed by atoms with Crippen LogP contribution in [-0.2, 0) is 29.5 Å². The molecule has 2 saturated carbocycles. The van der Waals surface area contributed by atoms with Gasteiger partial charge in [0.25, 0.3) is 11.8 Å². The normalized spacial score (nSPS) is 23.4. The molecular formula is C38H47N7O7. The Hall–Kier alpha value is -4.69. The fourth-order valence-electron chi connectivity index (χ4n) is 8.48. The van der Waals surface area contributed by atoms with Crippen LogP contribution in [0, 0.1) is 5.92 Å². The molecule has 2 aliphatic carbocycles. The molecule has 5 N–H and O–H groups in total. The number of hydrogen-bond donors (Lipinski definition) is 4. The Morgan fingerprint density at radius 2 is 1.67 bits per heavy atom. The summed E-state index contributed by atoms with van der Waals surface area (Å²) in [6.45, 7) is 0.238. The first-order chi connectivity index (χ1) is 25.0. The molecular weight excluding hydrogens is 666 g/mol. The highest BCUT2D eigenvalue weighted by atomic mass is 16.5. The molecule has 52 heavy (non-hydrogen) atoms. The summed E-state index contributed by atoms with van der Waals surface area (Å²) in [7, 11) is 0. The van der Waals surface area contributed by atoms with Gasteiger partial charge in [-0.1, -0.05) is 86.9 Å². The Morgan fingerprint density at radius 3 is 2.37 bits per heavy atom. The Kier molecular flexibility index (Phi) is 10.1. The quantitative estimate of drug-likeness (QED) is 0.216. The van der Waals surface area contributed by atoms with Crippen molar-refractivity contribution in [3.8, 4) is 0 Å². The van der Waals surface area contributed by atoms with Crippen LogP contribution < -0.4 is 16.4 Å². The first-order valence-corrected chi connectivity index (χ1v) is 18.5. The summed E-state index contributed by atoms with van der Waals surface area (Å²) < 4.78 is 6.74. The number of carbonyl (C=O) groups is 5. The highest BCUT2D eigenvalue weighted by Crippen LogP contribution is 2.35. The van der Waals surface area contributed by atoms with Gasteiger partial charge in [0.05, 0.1) is 25.5 Å². The van der Waals surface area contributed by atoms with Gasteiger partial charge in [-0.05, 0) is 48.1 Å². The number of likely N-dealkylation sites (tertiary alicyclic amines) is 1. The van der Waals surface area contributed by atoms with Crippen LogP contribution in [0.3, 0.4) is 0 Å². The zero-order valence-corrected chi connectivity index (χ0v) is 29.3. The molecule has 14 heteroatoms. The number of aromatic nitrogens is 3. The summed E-state index contributed by atoms with van der Waals surface area (Å²) in [5, 5.41) is 27.1. The zero-order valence-electron chi connectivity index (χ0n) is 29.3. The number of ketones is 1. The van der Waals surface area contributed by atoms with Crippen LogP contribution in [-0.4, -0.2) is 91.8 Å². The van der Waals surface area contributed by atoms with Crippen molar-refractivity contribution in [2.75, 3.05) is 19.8 Å². The molecule has 0 radical (unpaired) electrons. The molecule has 7 rings (SSSR count). The predicted molar refractivity (Wildman–Crippen MR) is 188 cm³/mol. The SMILES string of the molecule is NC(=O)C(=O)C1(NC(=O)[C@@H]2C[C@H](n3cc(C4(O)COC4)nn3)CN2C(=O)C(CC2CCCCC2)NC(=O)c2ccc3ccccc3c2)CCCCC1.